The van der Waals surface area contributed by atoms with E-state index in [1.165, 1.54) is 7.11 Å². The fourth-order valence-corrected chi connectivity index (χ4v) is 3.96. The Bertz CT molecular complexity index is 1440. The van der Waals surface area contributed by atoms with Crippen LogP contribution in [0.25, 0.3) is 11.5 Å². The third-order valence-electron chi connectivity index (χ3n) is 6.01. The first-order chi connectivity index (χ1) is 19.1. The lowest BCUT2D eigenvalue weighted by molar-refractivity contribution is -0.139. The molecule has 8 heteroatoms. The molecule has 0 bridgehead atoms. The van der Waals surface area contributed by atoms with Crippen LogP contribution in [0.15, 0.2) is 83.3 Å². The number of rotatable bonds is 9. The van der Waals surface area contributed by atoms with Crippen molar-refractivity contribution in [2.75, 3.05) is 12.0 Å². The number of oxazole rings is 1. The Hall–Kier alpha value is -4.59. The van der Waals surface area contributed by atoms with Gasteiger partial charge < -0.3 is 18.6 Å². The zero-order chi connectivity index (χ0) is 28.7. The summed E-state index contributed by atoms with van der Waals surface area (Å²) in [6.45, 7) is 7.78. The summed E-state index contributed by atoms with van der Waals surface area (Å²) >= 11 is 0. The Morgan fingerprint density at radius 2 is 1.60 bits per heavy atom. The molecule has 0 atom stereocenters. The molecule has 0 aliphatic rings. The summed E-state index contributed by atoms with van der Waals surface area (Å²) in [5, 5.41) is 0. The summed E-state index contributed by atoms with van der Waals surface area (Å²) in [5.41, 5.74) is 3.12. The number of ether oxygens (including phenoxy) is 3. The number of hydrogen-bond donors (Lipinski definition) is 0. The van der Waals surface area contributed by atoms with Crippen LogP contribution in [0.1, 0.15) is 43.4 Å². The van der Waals surface area contributed by atoms with Crippen molar-refractivity contribution in [3.8, 4) is 17.2 Å². The first-order valence-electron chi connectivity index (χ1n) is 13.0. The van der Waals surface area contributed by atoms with E-state index in [-0.39, 0.29) is 25.5 Å². The van der Waals surface area contributed by atoms with Crippen LogP contribution >= 0.6 is 0 Å². The van der Waals surface area contributed by atoms with Crippen molar-refractivity contribution in [3.05, 3.63) is 101 Å². The lowest BCUT2D eigenvalue weighted by Crippen LogP contribution is -2.36. The van der Waals surface area contributed by atoms with Crippen LogP contribution in [-0.2, 0) is 33.8 Å². The quantitative estimate of drug-likeness (QED) is 0.213. The van der Waals surface area contributed by atoms with E-state index in [0.29, 0.717) is 28.8 Å². The second-order valence-corrected chi connectivity index (χ2v) is 10.3. The molecule has 0 saturated carbocycles. The molecule has 4 aromatic rings. The molecule has 0 N–H and O–H groups in total. The standard InChI is InChI=1S/C32H34N2O6/c1-22-27(33-30(39-22)24-11-7-6-8-12-24)20-34(31(36)40-32(2,3)4)26-17-15-23(16-18-26)21-38-28-14-10-9-13-25(28)19-29(35)37-5/h6-18H,19-21H2,1-5H3. The fourth-order valence-electron chi connectivity index (χ4n) is 3.96. The van der Waals surface area contributed by atoms with E-state index in [0.717, 1.165) is 16.7 Å². The van der Waals surface area contributed by atoms with E-state index >= 15 is 0 Å². The number of carbonyl (C=O) groups is 2. The summed E-state index contributed by atoms with van der Waals surface area (Å²) in [6, 6.07) is 24.5. The van der Waals surface area contributed by atoms with Crippen molar-refractivity contribution >= 4 is 17.7 Å². The predicted molar refractivity (Wildman–Crippen MR) is 152 cm³/mol. The van der Waals surface area contributed by atoms with Gasteiger partial charge in [-0.1, -0.05) is 48.5 Å². The van der Waals surface area contributed by atoms with Gasteiger partial charge in [0.25, 0.3) is 0 Å². The van der Waals surface area contributed by atoms with Crippen LogP contribution in [0.5, 0.6) is 5.75 Å². The summed E-state index contributed by atoms with van der Waals surface area (Å²) in [5.74, 6) is 1.41. The molecule has 0 fully saturated rings. The van der Waals surface area contributed by atoms with Crippen LogP contribution in [0.3, 0.4) is 0 Å². The van der Waals surface area contributed by atoms with E-state index in [4.69, 9.17) is 18.6 Å². The highest BCUT2D eigenvalue weighted by Gasteiger charge is 2.26. The average molecular weight is 543 g/mol. The van der Waals surface area contributed by atoms with Gasteiger partial charge in [0.05, 0.1) is 20.1 Å². The molecule has 208 valence electrons. The SMILES string of the molecule is COC(=O)Cc1ccccc1OCc1ccc(N(Cc2nc(-c3ccccc3)oc2C)C(=O)OC(C)(C)C)cc1. The Labute approximate surface area is 234 Å². The molecular formula is C32H34N2O6. The first-order valence-corrected chi connectivity index (χ1v) is 13.0. The zero-order valence-corrected chi connectivity index (χ0v) is 23.5. The molecule has 0 aliphatic carbocycles. The number of anilines is 1. The van der Waals surface area contributed by atoms with Crippen LogP contribution in [0, 0.1) is 6.92 Å². The molecule has 3 aromatic carbocycles. The Balaban J connectivity index is 1.53. The van der Waals surface area contributed by atoms with Crippen molar-refractivity contribution in [1.82, 2.24) is 4.98 Å². The topological polar surface area (TPSA) is 91.1 Å². The van der Waals surface area contributed by atoms with Gasteiger partial charge in [0.1, 0.15) is 29.4 Å². The van der Waals surface area contributed by atoms with Crippen LogP contribution in [0.2, 0.25) is 0 Å². The highest BCUT2D eigenvalue weighted by Crippen LogP contribution is 2.27. The van der Waals surface area contributed by atoms with Crippen LogP contribution < -0.4 is 9.64 Å². The number of amides is 1. The number of nitrogens with zero attached hydrogens (tertiary/aromatic N) is 2. The van der Waals surface area contributed by atoms with E-state index in [9.17, 15) is 9.59 Å². The molecule has 0 unspecified atom stereocenters. The first kappa shape index (κ1) is 28.4. The number of esters is 1. The molecule has 0 aliphatic heterocycles. The number of aryl methyl sites for hydroxylation is 1. The molecule has 0 spiro atoms. The van der Waals surface area contributed by atoms with Crippen molar-refractivity contribution in [2.24, 2.45) is 0 Å². The normalized spacial score (nSPS) is 11.1. The molecule has 1 heterocycles. The van der Waals surface area contributed by atoms with Gasteiger partial charge in [0.2, 0.25) is 5.89 Å². The highest BCUT2D eigenvalue weighted by molar-refractivity contribution is 5.87. The van der Waals surface area contributed by atoms with Crippen molar-refractivity contribution in [3.63, 3.8) is 0 Å². The molecule has 4 rings (SSSR count). The summed E-state index contributed by atoms with van der Waals surface area (Å²) in [6.07, 6.45) is -0.360. The average Bonchev–Trinajstić information content (AvgIpc) is 3.31. The number of aromatic nitrogens is 1. The maximum atomic E-state index is 13.3. The van der Waals surface area contributed by atoms with Crippen molar-refractivity contribution in [2.45, 2.75) is 52.9 Å². The van der Waals surface area contributed by atoms with Gasteiger partial charge >= 0.3 is 12.1 Å². The minimum atomic E-state index is -0.672. The molecular weight excluding hydrogens is 508 g/mol. The monoisotopic (exact) mass is 542 g/mol. The largest absolute Gasteiger partial charge is 0.489 e. The number of para-hydroxylation sites is 1. The van der Waals surface area contributed by atoms with Gasteiger partial charge in [0.15, 0.2) is 0 Å². The van der Waals surface area contributed by atoms with Gasteiger partial charge in [-0.05, 0) is 63.6 Å². The van der Waals surface area contributed by atoms with Gasteiger partial charge in [0, 0.05) is 16.8 Å². The molecule has 0 saturated heterocycles. The molecule has 0 radical (unpaired) electrons. The fraction of sp³-hybridized carbons (Fsp3) is 0.281. The smallest absolute Gasteiger partial charge is 0.415 e. The molecule has 1 aromatic heterocycles. The highest BCUT2D eigenvalue weighted by atomic mass is 16.6. The minimum Gasteiger partial charge on any atom is -0.489 e. The maximum absolute atomic E-state index is 13.3. The lowest BCUT2D eigenvalue weighted by Gasteiger charge is -2.27. The van der Waals surface area contributed by atoms with E-state index in [2.05, 4.69) is 4.98 Å². The van der Waals surface area contributed by atoms with Gasteiger partial charge in [-0.15, -0.1) is 0 Å². The molecule has 1 amide bonds. The van der Waals surface area contributed by atoms with Gasteiger partial charge in [-0.2, -0.15) is 0 Å². The molecule has 8 nitrogen and oxygen atoms in total. The van der Waals surface area contributed by atoms with E-state index in [1.54, 1.807) is 4.90 Å². The van der Waals surface area contributed by atoms with Gasteiger partial charge in [-0.25, -0.2) is 9.78 Å². The zero-order valence-electron chi connectivity index (χ0n) is 23.5. The summed E-state index contributed by atoms with van der Waals surface area (Å²) in [7, 11) is 1.36. The maximum Gasteiger partial charge on any atom is 0.415 e. The van der Waals surface area contributed by atoms with Crippen LogP contribution in [-0.4, -0.2) is 29.8 Å². The van der Waals surface area contributed by atoms with E-state index in [1.807, 2.05) is 107 Å². The summed E-state index contributed by atoms with van der Waals surface area (Å²) in [4.78, 5) is 31.2. The predicted octanol–water partition coefficient (Wildman–Crippen LogP) is 6.89. The second-order valence-electron chi connectivity index (χ2n) is 10.3. The number of hydrogen-bond acceptors (Lipinski definition) is 7. The van der Waals surface area contributed by atoms with Crippen LogP contribution in [0.4, 0.5) is 10.5 Å². The number of carbonyl (C=O) groups excluding carboxylic acids is 2. The summed E-state index contributed by atoms with van der Waals surface area (Å²) < 4.78 is 22.4. The Morgan fingerprint density at radius 1 is 0.925 bits per heavy atom. The third kappa shape index (κ3) is 7.50. The van der Waals surface area contributed by atoms with Crippen molar-refractivity contribution in [1.29, 1.82) is 0 Å². The minimum absolute atomic E-state index is 0.129. The lowest BCUT2D eigenvalue weighted by atomic mass is 10.1. The van der Waals surface area contributed by atoms with E-state index < -0.39 is 11.7 Å². The Morgan fingerprint density at radius 3 is 2.27 bits per heavy atom. The Kier molecular flexibility index (Phi) is 8.89. The second kappa shape index (κ2) is 12.5. The number of methoxy groups -OCH3 is 1. The van der Waals surface area contributed by atoms with Crippen molar-refractivity contribution < 1.29 is 28.2 Å². The van der Waals surface area contributed by atoms with Gasteiger partial charge in [-0.3, -0.25) is 9.69 Å². The number of benzene rings is 3. The molecule has 40 heavy (non-hydrogen) atoms. The third-order valence-corrected chi connectivity index (χ3v) is 6.01.